The second-order valence-electron chi connectivity index (χ2n) is 7.08. The maximum absolute atomic E-state index is 13.1. The lowest BCUT2D eigenvalue weighted by Crippen LogP contribution is -2.26. The average Bonchev–Trinajstić information content (AvgIpc) is 3.10. The molecule has 152 valence electrons. The van der Waals surface area contributed by atoms with Gasteiger partial charge in [-0.1, -0.05) is 30.5 Å². The number of carbonyl (C=O) groups is 1. The highest BCUT2D eigenvalue weighted by Gasteiger charge is 2.35. The molecule has 8 heteroatoms. The molecule has 2 heterocycles. The zero-order valence-electron chi connectivity index (χ0n) is 16.1. The van der Waals surface area contributed by atoms with Gasteiger partial charge in [-0.05, 0) is 55.5 Å². The number of halogens is 1. The summed E-state index contributed by atoms with van der Waals surface area (Å²) in [5.74, 6) is 0.238. The van der Waals surface area contributed by atoms with Gasteiger partial charge >= 0.3 is 0 Å². The molecule has 5 nitrogen and oxygen atoms in total. The lowest BCUT2D eigenvalue weighted by molar-refractivity contribution is -0.117. The minimum atomic E-state index is -3.66. The fourth-order valence-corrected chi connectivity index (χ4v) is 6.26. The fraction of sp³-hybridized carbons (Fsp3) is 0.450. The topological polar surface area (TPSA) is 66.5 Å². The van der Waals surface area contributed by atoms with Crippen molar-refractivity contribution in [1.82, 2.24) is 5.32 Å². The van der Waals surface area contributed by atoms with Crippen LogP contribution in [0.4, 0.5) is 5.69 Å². The molecule has 1 aliphatic heterocycles. The Bertz CT molecular complexity index is 956. The van der Waals surface area contributed by atoms with E-state index in [1.165, 1.54) is 10.4 Å². The average molecular weight is 441 g/mol. The van der Waals surface area contributed by atoms with Crippen LogP contribution in [0, 0.1) is 0 Å². The van der Waals surface area contributed by atoms with E-state index < -0.39 is 10.0 Å². The van der Waals surface area contributed by atoms with E-state index >= 15 is 0 Å². The number of unbranched alkanes of at least 4 members (excludes halogenated alkanes) is 3. The molecule has 2 aromatic rings. The summed E-state index contributed by atoms with van der Waals surface area (Å²) < 4.78 is 27.5. The third-order valence-corrected chi connectivity index (χ3v) is 8.04. The number of rotatable bonds is 8. The number of nitrogens with one attached hydrogen (secondary N) is 1. The number of Topliss-reactive ketones (excluding diaryl/α,β-unsaturated/α-hetero) is 1. The number of hydrogen-bond acceptors (Lipinski definition) is 5. The Kier molecular flexibility index (Phi) is 6.81. The van der Waals surface area contributed by atoms with Crippen LogP contribution in [0.2, 0.25) is 5.02 Å². The Balaban J connectivity index is 1.80. The molecule has 1 atom stereocenters. The summed E-state index contributed by atoms with van der Waals surface area (Å²) >= 11 is 7.67. The number of anilines is 1. The summed E-state index contributed by atoms with van der Waals surface area (Å²) in [6.07, 6.45) is 4.61. The summed E-state index contributed by atoms with van der Waals surface area (Å²) in [7, 11) is -2.08. The van der Waals surface area contributed by atoms with Crippen molar-refractivity contribution >= 4 is 44.4 Å². The first-order chi connectivity index (χ1) is 13.3. The van der Waals surface area contributed by atoms with Crippen LogP contribution >= 0.6 is 22.9 Å². The van der Waals surface area contributed by atoms with Gasteiger partial charge in [-0.3, -0.25) is 4.31 Å². The van der Waals surface area contributed by atoms with Crippen LogP contribution in [0.3, 0.4) is 0 Å². The second kappa shape index (κ2) is 8.95. The molecule has 1 aliphatic rings. The molecule has 1 aromatic heterocycles. The largest absolute Gasteiger partial charge is 0.305 e. The Hall–Kier alpha value is -1.41. The van der Waals surface area contributed by atoms with Crippen LogP contribution in [-0.2, 0) is 14.8 Å². The molecule has 0 amide bonds. The van der Waals surface area contributed by atoms with E-state index in [2.05, 4.69) is 5.32 Å². The van der Waals surface area contributed by atoms with Crippen molar-refractivity contribution in [1.29, 1.82) is 0 Å². The fourth-order valence-electron chi connectivity index (χ4n) is 3.48. The monoisotopic (exact) mass is 440 g/mol. The van der Waals surface area contributed by atoms with Crippen LogP contribution in [0.1, 0.15) is 55.5 Å². The summed E-state index contributed by atoms with van der Waals surface area (Å²) in [6.45, 7) is 2.40. The number of ketones is 1. The maximum Gasteiger partial charge on any atom is 0.264 e. The third-order valence-electron chi connectivity index (χ3n) is 5.00. The van der Waals surface area contributed by atoms with E-state index in [0.717, 1.165) is 42.7 Å². The quantitative estimate of drug-likeness (QED) is 0.601. The predicted octanol–water partition coefficient (Wildman–Crippen LogP) is 4.76. The molecule has 28 heavy (non-hydrogen) atoms. The van der Waals surface area contributed by atoms with Crippen LogP contribution < -0.4 is 9.62 Å². The summed E-state index contributed by atoms with van der Waals surface area (Å²) in [4.78, 5) is 12.3. The SMILES string of the molecule is CC(=O)CCCCCCNC1c2ccc(Cl)cc2S(=O)(=O)N(C)c2ccsc21. The normalized spacial score (nSPS) is 17.7. The highest BCUT2D eigenvalue weighted by atomic mass is 35.5. The van der Waals surface area contributed by atoms with Crippen LogP contribution in [-0.4, -0.2) is 27.8 Å². The second-order valence-corrected chi connectivity index (χ2v) is 10.4. The van der Waals surface area contributed by atoms with Crippen molar-refractivity contribution in [3.63, 3.8) is 0 Å². The van der Waals surface area contributed by atoms with E-state index in [0.29, 0.717) is 17.1 Å². The van der Waals surface area contributed by atoms with Gasteiger partial charge in [0.1, 0.15) is 5.78 Å². The summed E-state index contributed by atoms with van der Waals surface area (Å²) in [5, 5.41) is 5.88. The van der Waals surface area contributed by atoms with E-state index in [9.17, 15) is 13.2 Å². The van der Waals surface area contributed by atoms with Crippen molar-refractivity contribution < 1.29 is 13.2 Å². The third kappa shape index (κ3) is 4.43. The zero-order chi connectivity index (χ0) is 20.3. The Morgan fingerprint density at radius 2 is 1.96 bits per heavy atom. The standard InChI is InChI=1S/C20H25ClN2O3S2/c1-14(24)7-5-3-4-6-11-22-19-16-9-8-15(21)13-18(16)28(25,26)23(2)17-10-12-27-20(17)19/h8-10,12-13,19,22H,3-7,11H2,1-2H3. The van der Waals surface area contributed by atoms with Gasteiger partial charge in [0.2, 0.25) is 0 Å². The Morgan fingerprint density at radius 1 is 1.21 bits per heavy atom. The molecule has 1 aromatic carbocycles. The predicted molar refractivity (Wildman–Crippen MR) is 115 cm³/mol. The van der Waals surface area contributed by atoms with Gasteiger partial charge in [-0.2, -0.15) is 0 Å². The van der Waals surface area contributed by atoms with Gasteiger partial charge in [0.15, 0.2) is 0 Å². The highest BCUT2D eigenvalue weighted by molar-refractivity contribution is 7.92. The van der Waals surface area contributed by atoms with Crippen molar-refractivity contribution in [2.75, 3.05) is 17.9 Å². The minimum absolute atomic E-state index is 0.195. The van der Waals surface area contributed by atoms with Gasteiger partial charge in [0, 0.05) is 18.5 Å². The molecule has 0 spiro atoms. The first-order valence-corrected chi connectivity index (χ1v) is 12.1. The Morgan fingerprint density at radius 3 is 2.71 bits per heavy atom. The van der Waals surface area contributed by atoms with Crippen molar-refractivity contribution in [3.05, 3.63) is 45.1 Å². The zero-order valence-corrected chi connectivity index (χ0v) is 18.5. The molecule has 1 N–H and O–H groups in total. The number of carbonyl (C=O) groups excluding carboxylic acids is 1. The first kappa shape index (κ1) is 21.3. The Labute approximate surface area is 175 Å². The van der Waals surface area contributed by atoms with E-state index in [-0.39, 0.29) is 16.7 Å². The lowest BCUT2D eigenvalue weighted by atomic mass is 10.0. The molecule has 0 aliphatic carbocycles. The molecule has 0 bridgehead atoms. The van der Waals surface area contributed by atoms with Gasteiger partial charge in [0.25, 0.3) is 10.0 Å². The lowest BCUT2D eigenvalue weighted by Gasteiger charge is -2.19. The summed E-state index contributed by atoms with van der Waals surface area (Å²) in [6, 6.07) is 6.74. The van der Waals surface area contributed by atoms with Crippen molar-refractivity contribution in [2.24, 2.45) is 0 Å². The maximum atomic E-state index is 13.1. The van der Waals surface area contributed by atoms with Crippen LogP contribution in [0.5, 0.6) is 0 Å². The van der Waals surface area contributed by atoms with Crippen LogP contribution in [0.15, 0.2) is 34.5 Å². The molecular weight excluding hydrogens is 416 g/mol. The molecule has 0 saturated heterocycles. The molecule has 0 saturated carbocycles. The number of sulfonamides is 1. The minimum Gasteiger partial charge on any atom is -0.305 e. The van der Waals surface area contributed by atoms with Crippen molar-refractivity contribution in [2.45, 2.75) is 50.0 Å². The van der Waals surface area contributed by atoms with Gasteiger partial charge < -0.3 is 10.1 Å². The summed E-state index contributed by atoms with van der Waals surface area (Å²) in [5.41, 5.74) is 1.44. The number of thiophene rings is 1. The molecule has 3 rings (SSSR count). The van der Waals surface area contributed by atoms with Gasteiger partial charge in [-0.25, -0.2) is 8.42 Å². The molecule has 0 fully saturated rings. The van der Waals surface area contributed by atoms with Crippen molar-refractivity contribution in [3.8, 4) is 0 Å². The van der Waals surface area contributed by atoms with E-state index in [1.54, 1.807) is 31.4 Å². The molecule has 0 radical (unpaired) electrons. The van der Waals surface area contributed by atoms with Gasteiger partial charge in [0.05, 0.1) is 21.5 Å². The van der Waals surface area contributed by atoms with E-state index in [4.69, 9.17) is 11.6 Å². The molecule has 1 unspecified atom stereocenters. The first-order valence-electron chi connectivity index (χ1n) is 9.41. The number of fused-ring (bicyclic) bond motifs is 2. The highest BCUT2D eigenvalue weighted by Crippen LogP contribution is 2.43. The number of hydrogen-bond donors (Lipinski definition) is 1. The molecular formula is C20H25ClN2O3S2. The number of nitrogens with zero attached hydrogens (tertiary/aromatic N) is 1. The van der Waals surface area contributed by atoms with Crippen LogP contribution in [0.25, 0.3) is 0 Å². The number of benzene rings is 1. The van der Waals surface area contributed by atoms with Gasteiger partial charge in [-0.15, -0.1) is 11.3 Å². The smallest absolute Gasteiger partial charge is 0.264 e. The van der Waals surface area contributed by atoms with E-state index in [1.807, 2.05) is 17.5 Å².